The summed E-state index contributed by atoms with van der Waals surface area (Å²) in [7, 11) is 0. The highest BCUT2D eigenvalue weighted by molar-refractivity contribution is 5.43. The van der Waals surface area contributed by atoms with Gasteiger partial charge in [-0.2, -0.15) is 0 Å². The SMILES string of the molecule is C=CCC1(O)C[C@]2(C)C(OCc3ccccc3)CC[C@H]2[C@@H]2CCc3cc(OCc4ccccc4)ccc3[C@H]21. The highest BCUT2D eigenvalue weighted by Crippen LogP contribution is 2.65. The summed E-state index contributed by atoms with van der Waals surface area (Å²) in [5.74, 6) is 2.04. The predicted octanol–water partition coefficient (Wildman–Crippen LogP) is 7.62. The van der Waals surface area contributed by atoms with Crippen LogP contribution in [0.1, 0.15) is 67.2 Å². The first-order valence-corrected chi connectivity index (χ1v) is 14.3. The van der Waals surface area contributed by atoms with Gasteiger partial charge >= 0.3 is 0 Å². The quantitative estimate of drug-likeness (QED) is 0.318. The number of fused-ring (bicyclic) bond motifs is 5. The molecule has 2 fully saturated rings. The molecule has 3 aliphatic rings. The van der Waals surface area contributed by atoms with Gasteiger partial charge in [0, 0.05) is 5.92 Å². The van der Waals surface area contributed by atoms with Crippen LogP contribution in [0.25, 0.3) is 0 Å². The van der Waals surface area contributed by atoms with Gasteiger partial charge in [-0.25, -0.2) is 0 Å². The predicted molar refractivity (Wildman–Crippen MR) is 152 cm³/mol. The van der Waals surface area contributed by atoms with Crippen LogP contribution >= 0.6 is 0 Å². The maximum absolute atomic E-state index is 12.4. The standard InChI is InChI=1S/C35H40O3/c1-3-20-35(36)24-34(2)31(18-19-32(34)38-23-26-12-8-5-9-13-26)30-16-14-27-21-28(15-17-29(27)33(30)35)37-22-25-10-6-4-7-11-25/h3-13,15,17,21,30-33,36H,1,14,16,18-20,22-24H2,2H3/t30-,31-,32?,33+,34-,35?/m0/s1. The molecule has 2 unspecified atom stereocenters. The number of aryl methyl sites for hydroxylation is 1. The maximum atomic E-state index is 12.4. The van der Waals surface area contributed by atoms with Gasteiger partial charge in [-0.15, -0.1) is 6.58 Å². The van der Waals surface area contributed by atoms with Gasteiger partial charge in [0.15, 0.2) is 0 Å². The molecule has 0 amide bonds. The van der Waals surface area contributed by atoms with E-state index in [0.717, 1.165) is 31.4 Å². The Labute approximate surface area is 227 Å². The fraction of sp³-hybridized carbons (Fsp3) is 0.429. The first-order valence-electron chi connectivity index (χ1n) is 14.3. The topological polar surface area (TPSA) is 38.7 Å². The summed E-state index contributed by atoms with van der Waals surface area (Å²) in [4.78, 5) is 0. The number of aliphatic hydroxyl groups is 1. The molecule has 198 valence electrons. The molecule has 3 aromatic rings. The van der Waals surface area contributed by atoms with Crippen molar-refractivity contribution in [2.45, 2.75) is 76.3 Å². The van der Waals surface area contributed by atoms with Crippen LogP contribution in [0.4, 0.5) is 0 Å². The number of benzene rings is 3. The van der Waals surface area contributed by atoms with Crippen LogP contribution < -0.4 is 4.74 Å². The minimum absolute atomic E-state index is 0.0378. The maximum Gasteiger partial charge on any atom is 0.120 e. The molecule has 0 aliphatic heterocycles. The molecule has 0 bridgehead atoms. The number of rotatable bonds is 8. The molecule has 0 radical (unpaired) electrons. The van der Waals surface area contributed by atoms with Crippen molar-refractivity contribution < 1.29 is 14.6 Å². The van der Waals surface area contributed by atoms with E-state index in [1.54, 1.807) is 0 Å². The molecule has 0 heterocycles. The fourth-order valence-corrected chi connectivity index (χ4v) is 8.21. The Morgan fingerprint density at radius 2 is 1.63 bits per heavy atom. The highest BCUT2D eigenvalue weighted by atomic mass is 16.5. The number of hydrogen-bond donors (Lipinski definition) is 1. The molecule has 6 atom stereocenters. The summed E-state index contributed by atoms with van der Waals surface area (Å²) in [5.41, 5.74) is 4.17. The van der Waals surface area contributed by atoms with Crippen LogP contribution in [0.15, 0.2) is 91.5 Å². The van der Waals surface area contributed by atoms with E-state index in [-0.39, 0.29) is 17.4 Å². The molecule has 1 N–H and O–H groups in total. The zero-order valence-electron chi connectivity index (χ0n) is 22.5. The molecule has 3 nitrogen and oxygen atoms in total. The molecule has 3 aliphatic carbocycles. The summed E-state index contributed by atoms with van der Waals surface area (Å²) >= 11 is 0. The van der Waals surface area contributed by atoms with Crippen molar-refractivity contribution in [1.82, 2.24) is 0 Å². The van der Waals surface area contributed by atoms with Crippen molar-refractivity contribution in [3.8, 4) is 5.75 Å². The molecular weight excluding hydrogens is 468 g/mol. The van der Waals surface area contributed by atoms with Crippen molar-refractivity contribution in [2.75, 3.05) is 0 Å². The van der Waals surface area contributed by atoms with E-state index in [2.05, 4.69) is 68.1 Å². The Balaban J connectivity index is 1.25. The molecule has 0 saturated heterocycles. The Hall–Kier alpha value is -2.88. The highest BCUT2D eigenvalue weighted by Gasteiger charge is 2.62. The molecule has 3 aromatic carbocycles. The van der Waals surface area contributed by atoms with Crippen LogP contribution in [-0.4, -0.2) is 16.8 Å². The lowest BCUT2D eigenvalue weighted by molar-refractivity contribution is -0.151. The summed E-state index contributed by atoms with van der Waals surface area (Å²) < 4.78 is 12.8. The van der Waals surface area contributed by atoms with E-state index in [4.69, 9.17) is 9.47 Å². The monoisotopic (exact) mass is 508 g/mol. The van der Waals surface area contributed by atoms with Gasteiger partial charge in [0.2, 0.25) is 0 Å². The van der Waals surface area contributed by atoms with Crippen molar-refractivity contribution in [3.05, 3.63) is 114 Å². The lowest BCUT2D eigenvalue weighted by atomic mass is 9.49. The van der Waals surface area contributed by atoms with E-state index in [9.17, 15) is 5.11 Å². The third-order valence-corrected chi connectivity index (χ3v) is 9.77. The van der Waals surface area contributed by atoms with E-state index < -0.39 is 5.60 Å². The average Bonchev–Trinajstić information content (AvgIpc) is 3.26. The Morgan fingerprint density at radius 3 is 2.34 bits per heavy atom. The van der Waals surface area contributed by atoms with Gasteiger partial charge < -0.3 is 14.6 Å². The summed E-state index contributed by atoms with van der Waals surface area (Å²) in [6, 6.07) is 27.3. The largest absolute Gasteiger partial charge is 0.489 e. The van der Waals surface area contributed by atoms with E-state index in [1.807, 2.05) is 30.3 Å². The Bertz CT molecular complexity index is 1250. The van der Waals surface area contributed by atoms with Gasteiger partial charge in [0.25, 0.3) is 0 Å². The molecule has 0 aromatic heterocycles. The van der Waals surface area contributed by atoms with Gasteiger partial charge in [0.1, 0.15) is 12.4 Å². The number of hydrogen-bond acceptors (Lipinski definition) is 3. The van der Waals surface area contributed by atoms with Gasteiger partial charge in [-0.05, 0) is 90.2 Å². The minimum Gasteiger partial charge on any atom is -0.489 e. The third-order valence-electron chi connectivity index (χ3n) is 9.77. The second-order valence-electron chi connectivity index (χ2n) is 12.1. The first-order chi connectivity index (χ1) is 18.5. The lowest BCUT2D eigenvalue weighted by Crippen LogP contribution is -2.56. The fourth-order valence-electron chi connectivity index (χ4n) is 8.21. The summed E-state index contributed by atoms with van der Waals surface area (Å²) in [5, 5.41) is 12.4. The van der Waals surface area contributed by atoms with Crippen LogP contribution in [0.3, 0.4) is 0 Å². The van der Waals surface area contributed by atoms with Crippen LogP contribution in [0.2, 0.25) is 0 Å². The summed E-state index contributed by atoms with van der Waals surface area (Å²) in [6.07, 6.45) is 7.82. The van der Waals surface area contributed by atoms with E-state index in [0.29, 0.717) is 31.5 Å². The van der Waals surface area contributed by atoms with Gasteiger partial charge in [-0.1, -0.05) is 79.7 Å². The van der Waals surface area contributed by atoms with Gasteiger partial charge in [0.05, 0.1) is 18.3 Å². The average molecular weight is 509 g/mol. The molecule has 6 rings (SSSR count). The Kier molecular flexibility index (Phi) is 6.92. The van der Waals surface area contributed by atoms with Crippen molar-refractivity contribution >= 4 is 0 Å². The Morgan fingerprint density at radius 1 is 0.921 bits per heavy atom. The zero-order valence-corrected chi connectivity index (χ0v) is 22.5. The second kappa shape index (κ2) is 10.4. The minimum atomic E-state index is -0.821. The normalized spacial score (nSPS) is 31.6. The molecule has 38 heavy (non-hydrogen) atoms. The van der Waals surface area contributed by atoms with Crippen molar-refractivity contribution in [3.63, 3.8) is 0 Å². The van der Waals surface area contributed by atoms with Crippen molar-refractivity contribution in [1.29, 1.82) is 0 Å². The van der Waals surface area contributed by atoms with Crippen molar-refractivity contribution in [2.24, 2.45) is 17.3 Å². The van der Waals surface area contributed by atoms with Gasteiger partial charge in [-0.3, -0.25) is 0 Å². The van der Waals surface area contributed by atoms with E-state index >= 15 is 0 Å². The zero-order chi connectivity index (χ0) is 26.2. The smallest absolute Gasteiger partial charge is 0.120 e. The van der Waals surface area contributed by atoms with Crippen LogP contribution in [0, 0.1) is 17.3 Å². The van der Waals surface area contributed by atoms with E-state index in [1.165, 1.54) is 28.7 Å². The third kappa shape index (κ3) is 4.61. The van der Waals surface area contributed by atoms with Crippen LogP contribution in [0.5, 0.6) is 5.75 Å². The number of ether oxygens (including phenoxy) is 2. The first kappa shape index (κ1) is 25.4. The lowest BCUT2D eigenvalue weighted by Gasteiger charge is -2.58. The molecule has 2 saturated carbocycles. The second-order valence-corrected chi connectivity index (χ2v) is 12.1. The molecular formula is C35H40O3. The summed E-state index contributed by atoms with van der Waals surface area (Å²) in [6.45, 7) is 7.64. The molecule has 0 spiro atoms. The molecule has 3 heteroatoms. The van der Waals surface area contributed by atoms with Crippen LogP contribution in [-0.2, 0) is 24.4 Å².